The predicted molar refractivity (Wildman–Crippen MR) is 51.5 cm³/mol. The Morgan fingerprint density at radius 3 is 1.92 bits per heavy atom. The van der Waals surface area contributed by atoms with Gasteiger partial charge < -0.3 is 9.47 Å². The predicted octanol–water partition coefficient (Wildman–Crippen LogP) is 2.00. The smallest absolute Gasteiger partial charge is 0.164 e. The van der Waals surface area contributed by atoms with Crippen molar-refractivity contribution >= 4 is 5.78 Å². The first-order valence-electron chi connectivity index (χ1n) is 4.87. The summed E-state index contributed by atoms with van der Waals surface area (Å²) in [6.07, 6.45) is 0.00389. The summed E-state index contributed by atoms with van der Waals surface area (Å²) in [5, 5.41) is 0. The van der Waals surface area contributed by atoms with Crippen LogP contribution in [0.25, 0.3) is 0 Å². The van der Waals surface area contributed by atoms with Crippen LogP contribution in [0.2, 0.25) is 0 Å². The normalized spacial score (nSPS) is 11.2. The standard InChI is InChI=1S/C10H20O3/c1-5-12-10(13-6-2)7-9(11)8(3)4/h8,10H,5-7H2,1-4H3. The van der Waals surface area contributed by atoms with E-state index in [1.807, 2.05) is 27.7 Å². The summed E-state index contributed by atoms with van der Waals surface area (Å²) in [6, 6.07) is 0. The summed E-state index contributed by atoms with van der Waals surface area (Å²) < 4.78 is 10.5. The highest BCUT2D eigenvalue weighted by Crippen LogP contribution is 2.07. The Bertz CT molecular complexity index is 137. The molecule has 3 heteroatoms. The van der Waals surface area contributed by atoms with Crippen LogP contribution in [0.3, 0.4) is 0 Å². The van der Waals surface area contributed by atoms with Crippen molar-refractivity contribution in [1.29, 1.82) is 0 Å². The Kier molecular flexibility index (Phi) is 6.82. The molecule has 0 atom stereocenters. The molecule has 0 saturated carbocycles. The maximum atomic E-state index is 11.3. The lowest BCUT2D eigenvalue weighted by atomic mass is 10.1. The number of ketones is 1. The molecule has 3 nitrogen and oxygen atoms in total. The molecule has 0 rings (SSSR count). The number of ether oxygens (including phenoxy) is 2. The molecule has 0 radical (unpaired) electrons. The number of rotatable bonds is 7. The van der Waals surface area contributed by atoms with Gasteiger partial charge in [0.25, 0.3) is 0 Å². The first-order chi connectivity index (χ1) is 6.11. The number of Topliss-reactive ketones (excluding diaryl/α,β-unsaturated/α-hetero) is 1. The van der Waals surface area contributed by atoms with Gasteiger partial charge >= 0.3 is 0 Å². The van der Waals surface area contributed by atoms with Crippen LogP contribution < -0.4 is 0 Å². The van der Waals surface area contributed by atoms with Crippen molar-refractivity contribution in [1.82, 2.24) is 0 Å². The molecule has 0 aromatic carbocycles. The van der Waals surface area contributed by atoms with Gasteiger partial charge in [0.1, 0.15) is 5.78 Å². The van der Waals surface area contributed by atoms with Gasteiger partial charge in [0.05, 0.1) is 6.42 Å². The Hall–Kier alpha value is -0.410. The minimum Gasteiger partial charge on any atom is -0.352 e. The van der Waals surface area contributed by atoms with Gasteiger partial charge in [0, 0.05) is 19.1 Å². The van der Waals surface area contributed by atoms with Crippen molar-refractivity contribution in [3.8, 4) is 0 Å². The lowest BCUT2D eigenvalue weighted by molar-refractivity contribution is -0.153. The van der Waals surface area contributed by atoms with Crippen molar-refractivity contribution < 1.29 is 14.3 Å². The lowest BCUT2D eigenvalue weighted by Gasteiger charge is -2.16. The number of carbonyl (C=O) groups is 1. The molecule has 0 aliphatic rings. The number of hydrogen-bond acceptors (Lipinski definition) is 3. The molecule has 0 aromatic heterocycles. The van der Waals surface area contributed by atoms with Gasteiger partial charge in [0.15, 0.2) is 6.29 Å². The van der Waals surface area contributed by atoms with E-state index >= 15 is 0 Å². The summed E-state index contributed by atoms with van der Waals surface area (Å²) in [5.41, 5.74) is 0. The van der Waals surface area contributed by atoms with Crippen LogP contribution in [0.1, 0.15) is 34.1 Å². The van der Waals surface area contributed by atoms with E-state index in [-0.39, 0.29) is 18.0 Å². The Balaban J connectivity index is 3.86. The maximum absolute atomic E-state index is 11.3. The van der Waals surface area contributed by atoms with E-state index in [1.54, 1.807) is 0 Å². The zero-order valence-electron chi connectivity index (χ0n) is 9.00. The molecule has 78 valence electrons. The van der Waals surface area contributed by atoms with Crippen LogP contribution in [0.4, 0.5) is 0 Å². The van der Waals surface area contributed by atoms with Crippen molar-refractivity contribution in [3.05, 3.63) is 0 Å². The van der Waals surface area contributed by atoms with Crippen molar-refractivity contribution in [2.24, 2.45) is 5.92 Å². The van der Waals surface area contributed by atoms with E-state index in [1.165, 1.54) is 0 Å². The van der Waals surface area contributed by atoms with Crippen molar-refractivity contribution in [2.75, 3.05) is 13.2 Å². The van der Waals surface area contributed by atoms with E-state index in [2.05, 4.69) is 0 Å². The average Bonchev–Trinajstić information content (AvgIpc) is 2.05. The molecule has 0 spiro atoms. The van der Waals surface area contributed by atoms with Crippen LogP contribution in [0, 0.1) is 5.92 Å². The van der Waals surface area contributed by atoms with Gasteiger partial charge in [-0.15, -0.1) is 0 Å². The van der Waals surface area contributed by atoms with Gasteiger partial charge in [0.2, 0.25) is 0 Å². The van der Waals surface area contributed by atoms with Crippen LogP contribution in [-0.2, 0) is 14.3 Å². The molecule has 0 fully saturated rings. The molecule has 0 bridgehead atoms. The Labute approximate surface area is 80.4 Å². The summed E-state index contributed by atoms with van der Waals surface area (Å²) in [7, 11) is 0. The topological polar surface area (TPSA) is 35.5 Å². The molecule has 0 aliphatic carbocycles. The van der Waals surface area contributed by atoms with Crippen LogP contribution in [0.15, 0.2) is 0 Å². The summed E-state index contributed by atoms with van der Waals surface area (Å²) >= 11 is 0. The fourth-order valence-corrected chi connectivity index (χ4v) is 0.938. The van der Waals surface area contributed by atoms with Gasteiger partial charge in [-0.25, -0.2) is 0 Å². The number of carbonyl (C=O) groups excluding carboxylic acids is 1. The largest absolute Gasteiger partial charge is 0.352 e. The van der Waals surface area contributed by atoms with Crippen LogP contribution >= 0.6 is 0 Å². The molecule has 13 heavy (non-hydrogen) atoms. The average molecular weight is 188 g/mol. The second-order valence-corrected chi connectivity index (χ2v) is 3.17. The molecule has 0 amide bonds. The maximum Gasteiger partial charge on any atom is 0.164 e. The first-order valence-corrected chi connectivity index (χ1v) is 4.87. The van der Waals surface area contributed by atoms with Crippen LogP contribution in [-0.4, -0.2) is 25.3 Å². The van der Waals surface area contributed by atoms with E-state index in [0.29, 0.717) is 19.6 Å². The summed E-state index contributed by atoms with van der Waals surface area (Å²) in [5.74, 6) is 0.246. The van der Waals surface area contributed by atoms with Crippen molar-refractivity contribution in [3.63, 3.8) is 0 Å². The molecule has 0 heterocycles. The SMILES string of the molecule is CCOC(CC(=O)C(C)C)OCC. The monoisotopic (exact) mass is 188 g/mol. The molecular formula is C10H20O3. The summed E-state index contributed by atoms with van der Waals surface area (Å²) in [4.78, 5) is 11.3. The molecule has 0 aliphatic heterocycles. The Morgan fingerprint density at radius 2 is 1.62 bits per heavy atom. The molecule has 0 saturated heterocycles. The zero-order chi connectivity index (χ0) is 10.3. The number of hydrogen-bond donors (Lipinski definition) is 0. The van der Waals surface area contributed by atoms with Crippen molar-refractivity contribution in [2.45, 2.75) is 40.4 Å². The molecule has 0 unspecified atom stereocenters. The fourth-order valence-electron chi connectivity index (χ4n) is 0.938. The van der Waals surface area contributed by atoms with E-state index in [0.717, 1.165) is 0 Å². The fraction of sp³-hybridized carbons (Fsp3) is 0.900. The molecular weight excluding hydrogens is 168 g/mol. The van der Waals surface area contributed by atoms with E-state index < -0.39 is 0 Å². The third-order valence-electron chi connectivity index (χ3n) is 1.72. The highest BCUT2D eigenvalue weighted by molar-refractivity contribution is 5.80. The molecule has 0 N–H and O–H groups in total. The highest BCUT2D eigenvalue weighted by atomic mass is 16.7. The van der Waals surface area contributed by atoms with Gasteiger partial charge in [-0.3, -0.25) is 4.79 Å². The second kappa shape index (κ2) is 7.04. The highest BCUT2D eigenvalue weighted by Gasteiger charge is 2.15. The first kappa shape index (κ1) is 12.6. The minimum absolute atomic E-state index is 0.0587. The Morgan fingerprint density at radius 1 is 1.15 bits per heavy atom. The quantitative estimate of drug-likeness (QED) is 0.573. The van der Waals surface area contributed by atoms with E-state index in [4.69, 9.17) is 9.47 Å². The summed E-state index contributed by atoms with van der Waals surface area (Å²) in [6.45, 7) is 8.72. The third-order valence-corrected chi connectivity index (χ3v) is 1.72. The third kappa shape index (κ3) is 5.77. The van der Waals surface area contributed by atoms with Gasteiger partial charge in [-0.05, 0) is 13.8 Å². The lowest BCUT2D eigenvalue weighted by Crippen LogP contribution is -2.23. The molecule has 0 aromatic rings. The van der Waals surface area contributed by atoms with E-state index in [9.17, 15) is 4.79 Å². The van der Waals surface area contributed by atoms with Crippen LogP contribution in [0.5, 0.6) is 0 Å². The minimum atomic E-state index is -0.357. The zero-order valence-corrected chi connectivity index (χ0v) is 9.00. The van der Waals surface area contributed by atoms with Gasteiger partial charge in [-0.1, -0.05) is 13.8 Å². The second-order valence-electron chi connectivity index (χ2n) is 3.17. The van der Waals surface area contributed by atoms with Gasteiger partial charge in [-0.2, -0.15) is 0 Å².